The maximum atomic E-state index is 10.7. The lowest BCUT2D eigenvalue weighted by atomic mass is 10.1. The first kappa shape index (κ1) is 13.9. The molecule has 0 saturated carbocycles. The third-order valence-corrected chi connectivity index (χ3v) is 2.78. The molecule has 0 heterocycles. The quantitative estimate of drug-likeness (QED) is 0.932. The molecule has 0 spiro atoms. The molecule has 0 atom stereocenters. The summed E-state index contributed by atoms with van der Waals surface area (Å²) in [7, 11) is 0. The smallest absolute Gasteiger partial charge is 0.307 e. The number of carboxylic acid groups (broad SMARTS) is 1. The Bertz CT molecular complexity index is 692. The van der Waals surface area contributed by atoms with Crippen molar-refractivity contribution < 1.29 is 14.6 Å². The lowest BCUT2D eigenvalue weighted by Crippen LogP contribution is -2.00. The fourth-order valence-corrected chi connectivity index (χ4v) is 1.86. The van der Waals surface area contributed by atoms with Crippen LogP contribution in [0, 0.1) is 11.3 Å². The van der Waals surface area contributed by atoms with Crippen molar-refractivity contribution in [2.45, 2.75) is 6.42 Å². The molecule has 0 aliphatic carbocycles. The molecule has 2 aromatic carbocycles. The van der Waals surface area contributed by atoms with E-state index < -0.39 is 5.97 Å². The Kier molecular flexibility index (Phi) is 4.24. The first-order valence-corrected chi connectivity index (χ1v) is 6.14. The van der Waals surface area contributed by atoms with Crippen molar-refractivity contribution in [3.05, 3.63) is 58.6 Å². The Morgan fingerprint density at radius 2 is 2.10 bits per heavy atom. The number of hydrogen-bond donors (Lipinski definition) is 1. The summed E-state index contributed by atoms with van der Waals surface area (Å²) in [5.41, 5.74) is 0.980. The minimum atomic E-state index is -0.914. The molecule has 20 heavy (non-hydrogen) atoms. The number of nitriles is 1. The van der Waals surface area contributed by atoms with Crippen LogP contribution in [0.4, 0.5) is 0 Å². The van der Waals surface area contributed by atoms with E-state index in [4.69, 9.17) is 26.7 Å². The van der Waals surface area contributed by atoms with E-state index in [0.29, 0.717) is 27.6 Å². The first-order chi connectivity index (χ1) is 9.58. The number of hydrogen-bond acceptors (Lipinski definition) is 3. The highest BCUT2D eigenvalue weighted by molar-refractivity contribution is 6.30. The normalized spacial score (nSPS) is 9.80. The van der Waals surface area contributed by atoms with Crippen molar-refractivity contribution in [1.29, 1.82) is 5.26 Å². The van der Waals surface area contributed by atoms with Crippen molar-refractivity contribution in [3.8, 4) is 17.6 Å². The van der Waals surface area contributed by atoms with Crippen LogP contribution in [0.25, 0.3) is 0 Å². The van der Waals surface area contributed by atoms with E-state index in [1.165, 1.54) is 0 Å². The highest BCUT2D eigenvalue weighted by atomic mass is 35.5. The van der Waals surface area contributed by atoms with Crippen LogP contribution in [0.3, 0.4) is 0 Å². The lowest BCUT2D eigenvalue weighted by Gasteiger charge is -2.08. The zero-order valence-electron chi connectivity index (χ0n) is 10.3. The van der Waals surface area contributed by atoms with Crippen LogP contribution in [0.5, 0.6) is 11.5 Å². The molecule has 5 heteroatoms. The average molecular weight is 288 g/mol. The van der Waals surface area contributed by atoms with Crippen molar-refractivity contribution in [2.24, 2.45) is 0 Å². The second-order valence-electron chi connectivity index (χ2n) is 4.07. The Morgan fingerprint density at radius 3 is 2.80 bits per heavy atom. The zero-order valence-corrected chi connectivity index (χ0v) is 11.1. The molecular weight excluding hydrogens is 278 g/mol. The van der Waals surface area contributed by atoms with Gasteiger partial charge >= 0.3 is 5.97 Å². The fourth-order valence-electron chi connectivity index (χ4n) is 1.69. The summed E-state index contributed by atoms with van der Waals surface area (Å²) in [4.78, 5) is 10.7. The Hall–Kier alpha value is -2.51. The lowest BCUT2D eigenvalue weighted by molar-refractivity contribution is -0.136. The van der Waals surface area contributed by atoms with E-state index in [1.54, 1.807) is 42.5 Å². The Morgan fingerprint density at radius 1 is 1.30 bits per heavy atom. The molecular formula is C15H10ClNO3. The van der Waals surface area contributed by atoms with Crippen LogP contribution in [0.1, 0.15) is 11.1 Å². The van der Waals surface area contributed by atoms with Gasteiger partial charge in [0.05, 0.1) is 12.0 Å². The fraction of sp³-hybridized carbons (Fsp3) is 0.0667. The number of halogens is 1. The van der Waals surface area contributed by atoms with Gasteiger partial charge in [0, 0.05) is 11.1 Å². The SMILES string of the molecule is N#Cc1ccc(Cl)cc1Oc1cccc(CC(=O)O)c1. The maximum absolute atomic E-state index is 10.7. The summed E-state index contributed by atoms with van der Waals surface area (Å²) in [6.07, 6.45) is -0.0855. The van der Waals surface area contributed by atoms with Crippen molar-refractivity contribution >= 4 is 17.6 Å². The second-order valence-corrected chi connectivity index (χ2v) is 4.51. The van der Waals surface area contributed by atoms with Crippen LogP contribution < -0.4 is 4.74 Å². The average Bonchev–Trinajstić information content (AvgIpc) is 2.38. The number of rotatable bonds is 4. The molecule has 2 rings (SSSR count). The molecule has 0 bridgehead atoms. The van der Waals surface area contributed by atoms with Crippen molar-refractivity contribution in [3.63, 3.8) is 0 Å². The molecule has 0 unspecified atom stereocenters. The van der Waals surface area contributed by atoms with E-state index in [2.05, 4.69) is 0 Å². The summed E-state index contributed by atoms with van der Waals surface area (Å²) in [5, 5.41) is 18.2. The number of aliphatic carboxylic acids is 1. The number of nitrogens with zero attached hydrogens (tertiary/aromatic N) is 1. The minimum absolute atomic E-state index is 0.0855. The van der Waals surface area contributed by atoms with E-state index in [1.807, 2.05) is 6.07 Å². The second kappa shape index (κ2) is 6.09. The Labute approximate surface area is 120 Å². The molecule has 0 radical (unpaired) electrons. The summed E-state index contributed by atoms with van der Waals surface area (Å²) in [6.45, 7) is 0. The third kappa shape index (κ3) is 3.50. The van der Waals surface area contributed by atoms with Gasteiger partial charge in [-0.25, -0.2) is 0 Å². The predicted molar refractivity (Wildman–Crippen MR) is 74.0 cm³/mol. The Balaban J connectivity index is 2.28. The van der Waals surface area contributed by atoms with E-state index in [-0.39, 0.29) is 6.42 Å². The van der Waals surface area contributed by atoms with Gasteiger partial charge in [0.2, 0.25) is 0 Å². The summed E-state index contributed by atoms with van der Waals surface area (Å²) in [5.74, 6) is -0.113. The van der Waals surface area contributed by atoms with Gasteiger partial charge in [-0.3, -0.25) is 4.79 Å². The van der Waals surface area contributed by atoms with E-state index >= 15 is 0 Å². The van der Waals surface area contributed by atoms with Crippen LogP contribution in [0.15, 0.2) is 42.5 Å². The number of carbonyl (C=O) groups is 1. The topological polar surface area (TPSA) is 70.3 Å². The highest BCUT2D eigenvalue weighted by Crippen LogP contribution is 2.28. The molecule has 100 valence electrons. The summed E-state index contributed by atoms with van der Waals surface area (Å²) >= 11 is 5.87. The molecule has 0 fully saturated rings. The third-order valence-electron chi connectivity index (χ3n) is 2.55. The molecule has 4 nitrogen and oxygen atoms in total. The standard InChI is InChI=1S/C15H10ClNO3/c16-12-5-4-11(9-17)14(8-12)20-13-3-1-2-10(6-13)7-15(18)19/h1-6,8H,7H2,(H,18,19). The van der Waals surface area contributed by atoms with Gasteiger partial charge in [-0.1, -0.05) is 23.7 Å². The van der Waals surface area contributed by atoms with Crippen LogP contribution in [0.2, 0.25) is 5.02 Å². The predicted octanol–water partition coefficient (Wildman–Crippen LogP) is 3.63. The van der Waals surface area contributed by atoms with Gasteiger partial charge in [-0.15, -0.1) is 0 Å². The maximum Gasteiger partial charge on any atom is 0.307 e. The van der Waals surface area contributed by atoms with Gasteiger partial charge in [-0.05, 0) is 29.8 Å². The van der Waals surface area contributed by atoms with Gasteiger partial charge in [-0.2, -0.15) is 5.26 Å². The summed E-state index contributed by atoms with van der Waals surface area (Å²) < 4.78 is 5.60. The molecule has 1 N–H and O–H groups in total. The van der Waals surface area contributed by atoms with Crippen molar-refractivity contribution in [1.82, 2.24) is 0 Å². The number of benzene rings is 2. The van der Waals surface area contributed by atoms with Crippen molar-refractivity contribution in [2.75, 3.05) is 0 Å². The minimum Gasteiger partial charge on any atom is -0.481 e. The number of carboxylic acids is 1. The first-order valence-electron chi connectivity index (χ1n) is 5.77. The van der Waals surface area contributed by atoms with Crippen LogP contribution >= 0.6 is 11.6 Å². The molecule has 0 aliphatic heterocycles. The highest BCUT2D eigenvalue weighted by Gasteiger charge is 2.07. The monoisotopic (exact) mass is 287 g/mol. The molecule has 0 aromatic heterocycles. The van der Waals surface area contributed by atoms with E-state index in [9.17, 15) is 4.79 Å². The van der Waals surface area contributed by atoms with Gasteiger partial charge in [0.15, 0.2) is 0 Å². The summed E-state index contributed by atoms with van der Waals surface area (Å²) in [6, 6.07) is 13.4. The molecule has 0 amide bonds. The van der Waals surface area contributed by atoms with Crippen LogP contribution in [-0.4, -0.2) is 11.1 Å². The molecule has 2 aromatic rings. The van der Waals surface area contributed by atoms with Crippen LogP contribution in [-0.2, 0) is 11.2 Å². The molecule has 0 saturated heterocycles. The largest absolute Gasteiger partial charge is 0.481 e. The van der Waals surface area contributed by atoms with E-state index in [0.717, 1.165) is 0 Å². The van der Waals surface area contributed by atoms with Gasteiger partial charge in [0.25, 0.3) is 0 Å². The van der Waals surface area contributed by atoms with Gasteiger partial charge in [0.1, 0.15) is 17.6 Å². The zero-order chi connectivity index (χ0) is 14.5. The number of ether oxygens (including phenoxy) is 1. The van der Waals surface area contributed by atoms with Gasteiger partial charge < -0.3 is 9.84 Å². The molecule has 0 aliphatic rings.